The molecule has 0 heterocycles. The molecular formula is C11H13F2NO3. The second-order valence-electron chi connectivity index (χ2n) is 3.59. The average Bonchev–Trinajstić information content (AvgIpc) is 2.26. The number of hydrogen-bond acceptors (Lipinski definition) is 3. The van der Waals surface area contributed by atoms with Gasteiger partial charge in [-0.15, -0.1) is 0 Å². The Kier molecular flexibility index (Phi) is 4.01. The number of alkyl halides is 2. The van der Waals surface area contributed by atoms with Crippen LogP contribution in [0.25, 0.3) is 0 Å². The predicted octanol–water partition coefficient (Wildman–Crippen LogP) is 2.03. The Hall–Kier alpha value is -1.69. The van der Waals surface area contributed by atoms with Crippen LogP contribution in [0.4, 0.5) is 8.78 Å². The molecule has 0 aliphatic heterocycles. The molecule has 0 aromatic heterocycles. The van der Waals surface area contributed by atoms with Gasteiger partial charge in [-0.05, 0) is 13.0 Å². The van der Waals surface area contributed by atoms with Crippen molar-refractivity contribution in [1.29, 1.82) is 0 Å². The van der Waals surface area contributed by atoms with E-state index < -0.39 is 18.4 Å². The third-order valence-electron chi connectivity index (χ3n) is 2.33. The first-order valence-corrected chi connectivity index (χ1v) is 4.83. The molecule has 1 unspecified atom stereocenters. The number of aryl methyl sites for hydroxylation is 1. The topological polar surface area (TPSA) is 72.5 Å². The number of ether oxygens (including phenoxy) is 1. The van der Waals surface area contributed by atoms with E-state index in [0.29, 0.717) is 5.56 Å². The summed E-state index contributed by atoms with van der Waals surface area (Å²) in [4.78, 5) is 10.8. The first-order chi connectivity index (χ1) is 7.88. The Labute approximate surface area is 97.0 Å². The minimum absolute atomic E-state index is 0.0512. The molecule has 4 nitrogen and oxygen atoms in total. The third-order valence-corrected chi connectivity index (χ3v) is 2.33. The van der Waals surface area contributed by atoms with Crippen LogP contribution in [-0.2, 0) is 4.79 Å². The van der Waals surface area contributed by atoms with Crippen molar-refractivity contribution in [1.82, 2.24) is 0 Å². The van der Waals surface area contributed by atoms with Crippen LogP contribution in [0.2, 0.25) is 0 Å². The van der Waals surface area contributed by atoms with Gasteiger partial charge in [0.1, 0.15) is 11.8 Å². The summed E-state index contributed by atoms with van der Waals surface area (Å²) in [6, 6.07) is 1.30. The van der Waals surface area contributed by atoms with Gasteiger partial charge in [0.25, 0.3) is 6.43 Å². The lowest BCUT2D eigenvalue weighted by molar-refractivity contribution is -0.138. The van der Waals surface area contributed by atoms with E-state index in [9.17, 15) is 13.6 Å². The molecule has 6 heteroatoms. The third kappa shape index (κ3) is 2.71. The van der Waals surface area contributed by atoms with Gasteiger partial charge in [-0.2, -0.15) is 0 Å². The molecule has 0 amide bonds. The Morgan fingerprint density at radius 2 is 1.94 bits per heavy atom. The van der Waals surface area contributed by atoms with Crippen molar-refractivity contribution in [3.63, 3.8) is 0 Å². The number of hydrogen-bond donors (Lipinski definition) is 2. The highest BCUT2D eigenvalue weighted by Gasteiger charge is 2.24. The number of nitrogens with two attached hydrogens (primary N) is 1. The Morgan fingerprint density at radius 3 is 2.35 bits per heavy atom. The summed E-state index contributed by atoms with van der Waals surface area (Å²) >= 11 is 0. The zero-order chi connectivity index (χ0) is 13.2. The summed E-state index contributed by atoms with van der Waals surface area (Å²) in [7, 11) is 1.20. The van der Waals surface area contributed by atoms with E-state index >= 15 is 0 Å². The molecule has 0 saturated heterocycles. The molecule has 1 aromatic rings. The van der Waals surface area contributed by atoms with Gasteiger partial charge in [-0.1, -0.05) is 11.6 Å². The summed E-state index contributed by atoms with van der Waals surface area (Å²) in [5.74, 6) is -1.46. The molecule has 0 aliphatic carbocycles. The van der Waals surface area contributed by atoms with Gasteiger partial charge in [-0.25, -0.2) is 8.78 Å². The molecule has 1 atom stereocenters. The number of rotatable bonds is 4. The zero-order valence-electron chi connectivity index (χ0n) is 9.41. The van der Waals surface area contributed by atoms with Crippen LogP contribution in [0, 0.1) is 6.92 Å². The highest BCUT2D eigenvalue weighted by atomic mass is 19.3. The number of aliphatic carboxylic acids is 1. The lowest BCUT2D eigenvalue weighted by Gasteiger charge is -2.16. The number of halogens is 2. The minimum Gasteiger partial charge on any atom is -0.496 e. The fourth-order valence-electron chi connectivity index (χ4n) is 1.59. The van der Waals surface area contributed by atoms with Gasteiger partial charge in [0.2, 0.25) is 0 Å². The van der Waals surface area contributed by atoms with E-state index in [4.69, 9.17) is 15.6 Å². The van der Waals surface area contributed by atoms with E-state index in [1.54, 1.807) is 6.92 Å². The van der Waals surface area contributed by atoms with Crippen molar-refractivity contribution < 1.29 is 23.4 Å². The molecule has 3 N–H and O–H groups in total. The monoisotopic (exact) mass is 245 g/mol. The van der Waals surface area contributed by atoms with Crippen LogP contribution >= 0.6 is 0 Å². The van der Waals surface area contributed by atoms with Crippen LogP contribution in [0.1, 0.15) is 29.2 Å². The molecule has 0 bridgehead atoms. The summed E-state index contributed by atoms with van der Waals surface area (Å²) in [5.41, 5.74) is 5.64. The summed E-state index contributed by atoms with van der Waals surface area (Å²) in [6.07, 6.45) is -2.75. The Bertz CT molecular complexity index is 435. The standard InChI is InChI=1S/C11H13F2NO3/c1-5-3-6(8(14)11(15)16)9(17-2)7(4-5)10(12)13/h3-4,8,10H,14H2,1-2H3,(H,15,16). The fourth-order valence-corrected chi connectivity index (χ4v) is 1.59. The SMILES string of the molecule is COc1c(C(F)F)cc(C)cc1C(N)C(=O)O. The van der Waals surface area contributed by atoms with Gasteiger partial charge >= 0.3 is 5.97 Å². The van der Waals surface area contributed by atoms with E-state index in [-0.39, 0.29) is 16.9 Å². The van der Waals surface area contributed by atoms with Crippen molar-refractivity contribution in [2.24, 2.45) is 5.73 Å². The van der Waals surface area contributed by atoms with Crippen molar-refractivity contribution >= 4 is 5.97 Å². The van der Waals surface area contributed by atoms with Crippen molar-refractivity contribution in [3.05, 3.63) is 28.8 Å². The fraction of sp³-hybridized carbons (Fsp3) is 0.364. The average molecular weight is 245 g/mol. The minimum atomic E-state index is -2.75. The second-order valence-corrected chi connectivity index (χ2v) is 3.59. The summed E-state index contributed by atoms with van der Waals surface area (Å²) < 4.78 is 30.4. The van der Waals surface area contributed by atoms with E-state index in [2.05, 4.69) is 0 Å². The van der Waals surface area contributed by atoms with Gasteiger partial charge in [0, 0.05) is 5.56 Å². The lowest BCUT2D eigenvalue weighted by atomic mass is 9.99. The molecule has 1 aromatic carbocycles. The molecule has 94 valence electrons. The van der Waals surface area contributed by atoms with Crippen LogP contribution in [0.3, 0.4) is 0 Å². The molecule has 17 heavy (non-hydrogen) atoms. The summed E-state index contributed by atoms with van der Waals surface area (Å²) in [6.45, 7) is 1.59. The van der Waals surface area contributed by atoms with Crippen LogP contribution in [0.5, 0.6) is 5.75 Å². The van der Waals surface area contributed by atoms with E-state index in [1.165, 1.54) is 19.2 Å². The maximum atomic E-state index is 12.8. The highest BCUT2D eigenvalue weighted by Crippen LogP contribution is 2.35. The van der Waals surface area contributed by atoms with Crippen LogP contribution < -0.4 is 10.5 Å². The zero-order valence-corrected chi connectivity index (χ0v) is 9.41. The molecule has 0 fully saturated rings. The molecule has 0 spiro atoms. The Balaban J connectivity index is 3.43. The smallest absolute Gasteiger partial charge is 0.325 e. The quantitative estimate of drug-likeness (QED) is 0.851. The van der Waals surface area contributed by atoms with Crippen LogP contribution in [-0.4, -0.2) is 18.2 Å². The number of benzene rings is 1. The number of carbonyl (C=O) groups is 1. The predicted molar refractivity (Wildman–Crippen MR) is 57.3 cm³/mol. The first-order valence-electron chi connectivity index (χ1n) is 4.83. The normalized spacial score (nSPS) is 12.6. The van der Waals surface area contributed by atoms with Crippen molar-refractivity contribution in [2.75, 3.05) is 7.11 Å². The first kappa shape index (κ1) is 13.4. The van der Waals surface area contributed by atoms with E-state index in [1.807, 2.05) is 0 Å². The summed E-state index contributed by atoms with van der Waals surface area (Å²) in [5, 5.41) is 8.81. The maximum Gasteiger partial charge on any atom is 0.325 e. The molecule has 1 rings (SSSR count). The second kappa shape index (κ2) is 5.09. The number of methoxy groups -OCH3 is 1. The van der Waals surface area contributed by atoms with Gasteiger partial charge < -0.3 is 15.6 Å². The largest absolute Gasteiger partial charge is 0.496 e. The van der Waals surface area contributed by atoms with Crippen LogP contribution in [0.15, 0.2) is 12.1 Å². The molecular weight excluding hydrogens is 232 g/mol. The lowest BCUT2D eigenvalue weighted by Crippen LogP contribution is -2.22. The Morgan fingerprint density at radius 1 is 1.41 bits per heavy atom. The highest BCUT2D eigenvalue weighted by molar-refractivity contribution is 5.77. The van der Waals surface area contributed by atoms with Gasteiger partial charge in [0.15, 0.2) is 0 Å². The number of carboxylic acids is 1. The molecule has 0 saturated carbocycles. The van der Waals surface area contributed by atoms with Crippen molar-refractivity contribution in [3.8, 4) is 5.75 Å². The van der Waals surface area contributed by atoms with Gasteiger partial charge in [-0.3, -0.25) is 4.79 Å². The number of carboxylic acid groups (broad SMARTS) is 1. The van der Waals surface area contributed by atoms with Crippen molar-refractivity contribution in [2.45, 2.75) is 19.4 Å². The molecule has 0 radical (unpaired) electrons. The van der Waals surface area contributed by atoms with Gasteiger partial charge in [0.05, 0.1) is 12.7 Å². The maximum absolute atomic E-state index is 12.8. The molecule has 0 aliphatic rings. The van der Waals surface area contributed by atoms with E-state index in [0.717, 1.165) is 0 Å².